The second kappa shape index (κ2) is 3.64. The van der Waals surface area contributed by atoms with Crippen molar-refractivity contribution in [3.05, 3.63) is 24.8 Å². The Morgan fingerprint density at radius 1 is 1.46 bits per heavy atom. The van der Waals surface area contributed by atoms with Crippen molar-refractivity contribution >= 4 is 0 Å². The Hall–Kier alpha value is -0.600. The zero-order valence-corrected chi connectivity index (χ0v) is 8.67. The molecule has 0 aromatic carbocycles. The van der Waals surface area contributed by atoms with Gasteiger partial charge in [-0.05, 0) is 32.8 Å². The summed E-state index contributed by atoms with van der Waals surface area (Å²) in [6.45, 7) is 13.4. The van der Waals surface area contributed by atoms with Crippen LogP contribution in [0.4, 0.5) is 0 Å². The Balaban J connectivity index is 2.71. The van der Waals surface area contributed by atoms with Gasteiger partial charge in [0, 0.05) is 0 Å². The molecule has 1 aliphatic rings. The average molecular weight is 182 g/mol. The number of rotatable bonds is 3. The van der Waals surface area contributed by atoms with Gasteiger partial charge in [0.2, 0.25) is 0 Å². The van der Waals surface area contributed by atoms with Gasteiger partial charge in [-0.3, -0.25) is 0 Å². The lowest BCUT2D eigenvalue weighted by molar-refractivity contribution is -0.143. The summed E-state index contributed by atoms with van der Waals surface area (Å²) in [6.07, 6.45) is 2.74. The van der Waals surface area contributed by atoms with E-state index in [0.717, 1.165) is 12.0 Å². The van der Waals surface area contributed by atoms with Gasteiger partial charge in [-0.2, -0.15) is 0 Å². The first-order chi connectivity index (χ1) is 5.96. The van der Waals surface area contributed by atoms with Crippen LogP contribution in [0.3, 0.4) is 0 Å². The lowest BCUT2D eigenvalue weighted by Gasteiger charge is -2.16. The van der Waals surface area contributed by atoms with E-state index in [0.29, 0.717) is 0 Å². The number of ether oxygens (including phenoxy) is 2. The maximum Gasteiger partial charge on any atom is 0.164 e. The summed E-state index contributed by atoms with van der Waals surface area (Å²) in [5.41, 5.74) is 1.01. The topological polar surface area (TPSA) is 18.5 Å². The van der Waals surface area contributed by atoms with Crippen molar-refractivity contribution in [3.8, 4) is 0 Å². The Labute approximate surface area is 80.2 Å². The van der Waals surface area contributed by atoms with Crippen LogP contribution in [-0.4, -0.2) is 18.0 Å². The van der Waals surface area contributed by atoms with Crippen LogP contribution < -0.4 is 0 Å². The standard InChI is InChI=1S/C11H18O2/c1-6-7-9-10(8(2)3)13-11(4,5)12-9/h6,9-10H,1-2,7H2,3-5H3/t9-,10+/m1/s1. The van der Waals surface area contributed by atoms with E-state index in [1.54, 1.807) is 0 Å². The highest BCUT2D eigenvalue weighted by Crippen LogP contribution is 2.32. The van der Waals surface area contributed by atoms with Crippen molar-refractivity contribution in [3.63, 3.8) is 0 Å². The molecule has 2 heteroatoms. The van der Waals surface area contributed by atoms with Crippen LogP contribution >= 0.6 is 0 Å². The second-order valence-electron chi connectivity index (χ2n) is 3.97. The molecule has 0 saturated carbocycles. The zero-order chi connectivity index (χ0) is 10.1. The highest BCUT2D eigenvalue weighted by Gasteiger charge is 2.40. The van der Waals surface area contributed by atoms with Gasteiger partial charge in [0.1, 0.15) is 6.10 Å². The van der Waals surface area contributed by atoms with Crippen molar-refractivity contribution in [1.82, 2.24) is 0 Å². The summed E-state index contributed by atoms with van der Waals surface area (Å²) >= 11 is 0. The highest BCUT2D eigenvalue weighted by atomic mass is 16.7. The largest absolute Gasteiger partial charge is 0.344 e. The molecule has 74 valence electrons. The van der Waals surface area contributed by atoms with Crippen LogP contribution in [0.2, 0.25) is 0 Å². The van der Waals surface area contributed by atoms with Gasteiger partial charge in [0.05, 0.1) is 6.10 Å². The molecule has 0 aromatic heterocycles. The Bertz CT molecular complexity index is 218. The summed E-state index contributed by atoms with van der Waals surface area (Å²) in [4.78, 5) is 0. The first kappa shape index (κ1) is 10.5. The third-order valence-corrected chi connectivity index (χ3v) is 2.07. The molecule has 0 amide bonds. The fraction of sp³-hybridized carbons (Fsp3) is 0.636. The first-order valence-corrected chi connectivity index (χ1v) is 4.58. The monoisotopic (exact) mass is 182 g/mol. The van der Waals surface area contributed by atoms with Gasteiger partial charge >= 0.3 is 0 Å². The fourth-order valence-electron chi connectivity index (χ4n) is 1.59. The van der Waals surface area contributed by atoms with Crippen LogP contribution in [-0.2, 0) is 9.47 Å². The molecule has 2 atom stereocenters. The lowest BCUT2D eigenvalue weighted by Crippen LogP contribution is -2.22. The Kier molecular flexibility index (Phi) is 2.94. The van der Waals surface area contributed by atoms with Gasteiger partial charge in [-0.25, -0.2) is 0 Å². The quantitative estimate of drug-likeness (QED) is 0.625. The van der Waals surface area contributed by atoms with Gasteiger partial charge < -0.3 is 9.47 Å². The molecule has 2 nitrogen and oxygen atoms in total. The maximum atomic E-state index is 5.71. The third kappa shape index (κ3) is 2.42. The van der Waals surface area contributed by atoms with E-state index in [2.05, 4.69) is 13.2 Å². The van der Waals surface area contributed by atoms with E-state index in [9.17, 15) is 0 Å². The molecule has 0 bridgehead atoms. The van der Waals surface area contributed by atoms with Gasteiger partial charge in [0.25, 0.3) is 0 Å². The minimum Gasteiger partial charge on any atom is -0.344 e. The summed E-state index contributed by atoms with van der Waals surface area (Å²) in [6, 6.07) is 0. The molecular formula is C11H18O2. The van der Waals surface area contributed by atoms with Crippen molar-refractivity contribution in [2.75, 3.05) is 0 Å². The number of hydrogen-bond acceptors (Lipinski definition) is 2. The van der Waals surface area contributed by atoms with E-state index in [1.165, 1.54) is 0 Å². The summed E-state index contributed by atoms with van der Waals surface area (Å²) in [5, 5.41) is 0. The normalized spacial score (nSPS) is 31.6. The smallest absolute Gasteiger partial charge is 0.164 e. The van der Waals surface area contributed by atoms with Crippen LogP contribution in [0.1, 0.15) is 27.2 Å². The minimum absolute atomic E-state index is 0.00741. The fourth-order valence-corrected chi connectivity index (χ4v) is 1.59. The molecule has 1 fully saturated rings. The average Bonchev–Trinajstić information content (AvgIpc) is 2.26. The van der Waals surface area contributed by atoms with Crippen LogP contribution in [0, 0.1) is 0 Å². The SMILES string of the molecule is C=CC[C@H]1OC(C)(C)O[C@H]1C(=C)C. The van der Waals surface area contributed by atoms with Crippen LogP contribution in [0.5, 0.6) is 0 Å². The maximum absolute atomic E-state index is 5.71. The van der Waals surface area contributed by atoms with E-state index in [4.69, 9.17) is 9.47 Å². The molecule has 0 N–H and O–H groups in total. The predicted octanol–water partition coefficient (Wildman–Crippen LogP) is 2.66. The summed E-state index contributed by atoms with van der Waals surface area (Å²) in [7, 11) is 0. The molecule has 0 radical (unpaired) electrons. The first-order valence-electron chi connectivity index (χ1n) is 4.58. The molecule has 1 rings (SSSR count). The van der Waals surface area contributed by atoms with Crippen molar-refractivity contribution in [2.24, 2.45) is 0 Å². The molecule has 0 aromatic rings. The van der Waals surface area contributed by atoms with Crippen LogP contribution in [0.25, 0.3) is 0 Å². The van der Waals surface area contributed by atoms with E-state index < -0.39 is 5.79 Å². The van der Waals surface area contributed by atoms with Gasteiger partial charge in [-0.1, -0.05) is 12.7 Å². The molecule has 13 heavy (non-hydrogen) atoms. The molecular weight excluding hydrogens is 164 g/mol. The molecule has 0 unspecified atom stereocenters. The van der Waals surface area contributed by atoms with E-state index in [1.807, 2.05) is 26.8 Å². The van der Waals surface area contributed by atoms with E-state index in [-0.39, 0.29) is 12.2 Å². The van der Waals surface area contributed by atoms with Crippen molar-refractivity contribution < 1.29 is 9.47 Å². The zero-order valence-electron chi connectivity index (χ0n) is 8.67. The highest BCUT2D eigenvalue weighted by molar-refractivity contribution is 5.06. The van der Waals surface area contributed by atoms with Gasteiger partial charge in [-0.15, -0.1) is 6.58 Å². The van der Waals surface area contributed by atoms with Crippen LogP contribution in [0.15, 0.2) is 24.8 Å². The predicted molar refractivity (Wildman–Crippen MR) is 53.5 cm³/mol. The van der Waals surface area contributed by atoms with Gasteiger partial charge in [0.15, 0.2) is 5.79 Å². The minimum atomic E-state index is -0.489. The summed E-state index contributed by atoms with van der Waals surface area (Å²) < 4.78 is 11.4. The molecule has 0 aliphatic carbocycles. The Morgan fingerprint density at radius 2 is 2.08 bits per heavy atom. The Morgan fingerprint density at radius 3 is 2.54 bits per heavy atom. The summed E-state index contributed by atoms with van der Waals surface area (Å²) in [5.74, 6) is -0.489. The lowest BCUT2D eigenvalue weighted by atomic mass is 10.1. The molecule has 1 aliphatic heterocycles. The van der Waals surface area contributed by atoms with E-state index >= 15 is 0 Å². The van der Waals surface area contributed by atoms with Crippen molar-refractivity contribution in [2.45, 2.75) is 45.2 Å². The number of hydrogen-bond donors (Lipinski definition) is 0. The van der Waals surface area contributed by atoms with Crippen molar-refractivity contribution in [1.29, 1.82) is 0 Å². The molecule has 1 heterocycles. The third-order valence-electron chi connectivity index (χ3n) is 2.07. The molecule has 1 saturated heterocycles. The molecule has 0 spiro atoms. The second-order valence-corrected chi connectivity index (χ2v) is 3.97.